The summed E-state index contributed by atoms with van der Waals surface area (Å²) in [5.74, 6) is 1.54. The minimum Gasteiger partial charge on any atom is -0.382 e. The van der Waals surface area contributed by atoms with Crippen molar-refractivity contribution in [2.75, 3.05) is 30.3 Å². The molecule has 9 heteroatoms. The van der Waals surface area contributed by atoms with Crippen LogP contribution in [0.2, 0.25) is 0 Å². The number of nitrogen functional groups attached to an aromatic ring is 1. The van der Waals surface area contributed by atoms with Crippen LogP contribution < -0.4 is 10.6 Å². The molecule has 6 rings (SSSR count). The first kappa shape index (κ1) is 17.3. The molecule has 2 bridgehead atoms. The number of para-hydroxylation sites is 1. The molecule has 2 aliphatic rings. The number of benzene rings is 1. The maximum absolute atomic E-state index is 5.87. The summed E-state index contributed by atoms with van der Waals surface area (Å²) in [5.41, 5.74) is 9.40. The quantitative estimate of drug-likeness (QED) is 0.557. The highest BCUT2D eigenvalue weighted by atomic mass is 16.5. The van der Waals surface area contributed by atoms with E-state index in [1.807, 2.05) is 34.9 Å². The first-order valence-electron chi connectivity index (χ1n) is 9.99. The number of hydrogen-bond donors (Lipinski definition) is 1. The van der Waals surface area contributed by atoms with E-state index in [-0.39, 0.29) is 6.10 Å². The van der Waals surface area contributed by atoms with Crippen molar-refractivity contribution in [1.29, 1.82) is 0 Å². The predicted octanol–water partition coefficient (Wildman–Crippen LogP) is 2.08. The molecule has 0 radical (unpaired) electrons. The van der Waals surface area contributed by atoms with Gasteiger partial charge in [0.05, 0.1) is 25.1 Å². The molecule has 2 unspecified atom stereocenters. The van der Waals surface area contributed by atoms with Gasteiger partial charge < -0.3 is 15.4 Å². The van der Waals surface area contributed by atoms with Crippen molar-refractivity contribution in [2.45, 2.75) is 12.5 Å². The van der Waals surface area contributed by atoms with Crippen molar-refractivity contribution in [3.05, 3.63) is 49.1 Å². The fourth-order valence-corrected chi connectivity index (χ4v) is 4.28. The fourth-order valence-electron chi connectivity index (χ4n) is 4.28. The molecule has 2 saturated heterocycles. The molecule has 0 saturated carbocycles. The number of rotatable bonds is 3. The van der Waals surface area contributed by atoms with Gasteiger partial charge in [-0.15, -0.1) is 0 Å². The Kier molecular flexibility index (Phi) is 3.88. The van der Waals surface area contributed by atoms with E-state index in [0.29, 0.717) is 34.6 Å². The molecular formula is C21H20N8O. The smallest absolute Gasteiger partial charge is 0.228 e. The second-order valence-corrected chi connectivity index (χ2v) is 7.78. The van der Waals surface area contributed by atoms with Crippen molar-refractivity contribution in [3.63, 3.8) is 0 Å². The molecule has 0 aliphatic carbocycles. The Hall–Kier alpha value is -3.59. The van der Waals surface area contributed by atoms with Crippen molar-refractivity contribution < 1.29 is 4.74 Å². The standard InChI is InChI=1S/C21H20N8O/c22-17-8-23-16(7-24-17)18-19-20(29(12-25-19)14-4-2-1-3-5-14)27-21(26-18)28-9-13-6-15(10-28)30-11-13/h1-5,7-8,12-13,15H,6,9-11H2,(H2,22,24). The van der Waals surface area contributed by atoms with Gasteiger partial charge in [-0.1, -0.05) is 18.2 Å². The Morgan fingerprint density at radius 2 is 1.90 bits per heavy atom. The molecule has 0 amide bonds. The van der Waals surface area contributed by atoms with Crippen LogP contribution in [-0.2, 0) is 4.74 Å². The second-order valence-electron chi connectivity index (χ2n) is 7.78. The summed E-state index contributed by atoms with van der Waals surface area (Å²) in [4.78, 5) is 25.2. The Morgan fingerprint density at radius 3 is 2.70 bits per heavy atom. The summed E-state index contributed by atoms with van der Waals surface area (Å²) in [6.07, 6.45) is 6.28. The number of hydrogen-bond acceptors (Lipinski definition) is 8. The Balaban J connectivity index is 1.54. The molecular weight excluding hydrogens is 380 g/mol. The van der Waals surface area contributed by atoms with E-state index in [2.05, 4.69) is 19.9 Å². The molecule has 9 nitrogen and oxygen atoms in total. The third-order valence-corrected chi connectivity index (χ3v) is 5.68. The summed E-state index contributed by atoms with van der Waals surface area (Å²) in [6, 6.07) is 10.0. The highest BCUT2D eigenvalue weighted by molar-refractivity contribution is 5.88. The Bertz CT molecular complexity index is 1200. The fraction of sp³-hybridized carbons (Fsp3) is 0.286. The van der Waals surface area contributed by atoms with Gasteiger partial charge in [-0.25, -0.2) is 19.9 Å². The zero-order valence-electron chi connectivity index (χ0n) is 16.2. The van der Waals surface area contributed by atoms with E-state index in [1.165, 1.54) is 6.20 Å². The van der Waals surface area contributed by atoms with Crippen LogP contribution in [-0.4, -0.2) is 55.3 Å². The van der Waals surface area contributed by atoms with E-state index in [1.54, 1.807) is 12.5 Å². The summed E-state index contributed by atoms with van der Waals surface area (Å²) in [6.45, 7) is 2.48. The number of aromatic nitrogens is 6. The molecule has 2 fully saturated rings. The number of nitrogens with zero attached hydrogens (tertiary/aromatic N) is 7. The Labute approximate surface area is 172 Å². The van der Waals surface area contributed by atoms with Crippen molar-refractivity contribution in [3.8, 4) is 17.1 Å². The third kappa shape index (κ3) is 2.86. The summed E-state index contributed by atoms with van der Waals surface area (Å²) in [5, 5.41) is 0. The lowest BCUT2D eigenvalue weighted by Gasteiger charge is -2.30. The first-order valence-corrected chi connectivity index (χ1v) is 9.99. The van der Waals surface area contributed by atoms with Crippen LogP contribution in [0.3, 0.4) is 0 Å². The number of fused-ring (bicyclic) bond motifs is 3. The van der Waals surface area contributed by atoms with Crippen LogP contribution in [0.4, 0.5) is 11.8 Å². The highest BCUT2D eigenvalue weighted by Gasteiger charge is 2.35. The summed E-state index contributed by atoms with van der Waals surface area (Å²) >= 11 is 0. The maximum atomic E-state index is 5.87. The first-order chi connectivity index (χ1) is 14.7. The number of nitrogens with two attached hydrogens (primary N) is 1. The average molecular weight is 400 g/mol. The number of imidazole rings is 1. The minimum absolute atomic E-state index is 0.238. The maximum Gasteiger partial charge on any atom is 0.228 e. The molecule has 30 heavy (non-hydrogen) atoms. The lowest BCUT2D eigenvalue weighted by atomic mass is 10.0. The van der Waals surface area contributed by atoms with Gasteiger partial charge in [0.25, 0.3) is 0 Å². The zero-order chi connectivity index (χ0) is 20.1. The monoisotopic (exact) mass is 400 g/mol. The molecule has 0 spiro atoms. The minimum atomic E-state index is 0.238. The van der Waals surface area contributed by atoms with Gasteiger partial charge in [0.1, 0.15) is 29.0 Å². The van der Waals surface area contributed by atoms with E-state index in [4.69, 9.17) is 20.4 Å². The largest absolute Gasteiger partial charge is 0.382 e. The van der Waals surface area contributed by atoms with E-state index in [9.17, 15) is 0 Å². The van der Waals surface area contributed by atoms with Gasteiger partial charge in [-0.3, -0.25) is 4.57 Å². The molecule has 1 aromatic carbocycles. The molecule has 4 aromatic rings. The molecule has 2 aliphatic heterocycles. The molecule has 2 atom stereocenters. The highest BCUT2D eigenvalue weighted by Crippen LogP contribution is 2.32. The van der Waals surface area contributed by atoms with Crippen LogP contribution in [0.15, 0.2) is 49.1 Å². The second kappa shape index (κ2) is 6.74. The van der Waals surface area contributed by atoms with Crippen molar-refractivity contribution in [2.24, 2.45) is 5.92 Å². The van der Waals surface area contributed by atoms with Crippen molar-refractivity contribution >= 4 is 22.9 Å². The van der Waals surface area contributed by atoms with Gasteiger partial charge in [-0.05, 0) is 18.6 Å². The van der Waals surface area contributed by atoms with Gasteiger partial charge >= 0.3 is 0 Å². The van der Waals surface area contributed by atoms with Crippen LogP contribution in [0.25, 0.3) is 28.2 Å². The van der Waals surface area contributed by atoms with Crippen LogP contribution >= 0.6 is 0 Å². The van der Waals surface area contributed by atoms with Crippen LogP contribution in [0, 0.1) is 5.92 Å². The number of anilines is 2. The summed E-state index contributed by atoms with van der Waals surface area (Å²) in [7, 11) is 0. The lowest BCUT2D eigenvalue weighted by molar-refractivity contribution is 0.119. The average Bonchev–Trinajstić information content (AvgIpc) is 3.36. The lowest BCUT2D eigenvalue weighted by Crippen LogP contribution is -2.40. The van der Waals surface area contributed by atoms with E-state index < -0.39 is 0 Å². The molecule has 5 heterocycles. The van der Waals surface area contributed by atoms with E-state index >= 15 is 0 Å². The third-order valence-electron chi connectivity index (χ3n) is 5.68. The van der Waals surface area contributed by atoms with Gasteiger partial charge in [-0.2, -0.15) is 4.98 Å². The summed E-state index contributed by atoms with van der Waals surface area (Å²) < 4.78 is 7.85. The van der Waals surface area contributed by atoms with Crippen LogP contribution in [0.1, 0.15) is 6.42 Å². The molecule has 150 valence electrons. The van der Waals surface area contributed by atoms with Gasteiger partial charge in [0, 0.05) is 24.7 Å². The SMILES string of the molecule is Nc1cnc(-c2nc(N3CC4COC(C4)C3)nc3c2ncn3-c2ccccc2)cn1. The predicted molar refractivity (Wildman–Crippen MR) is 112 cm³/mol. The van der Waals surface area contributed by atoms with Crippen LogP contribution in [0.5, 0.6) is 0 Å². The number of piperidine rings is 1. The van der Waals surface area contributed by atoms with E-state index in [0.717, 1.165) is 37.5 Å². The van der Waals surface area contributed by atoms with Gasteiger partial charge in [0.15, 0.2) is 5.65 Å². The Morgan fingerprint density at radius 1 is 1.00 bits per heavy atom. The normalized spacial score (nSPS) is 20.7. The van der Waals surface area contributed by atoms with Gasteiger partial charge in [0.2, 0.25) is 5.95 Å². The topological polar surface area (TPSA) is 108 Å². The molecule has 2 N–H and O–H groups in total. The zero-order valence-corrected chi connectivity index (χ0v) is 16.2. The van der Waals surface area contributed by atoms with Crippen molar-refractivity contribution in [1.82, 2.24) is 29.5 Å². The molecule has 3 aromatic heterocycles. The number of ether oxygens (including phenoxy) is 1.